The lowest BCUT2D eigenvalue weighted by atomic mass is 9.76. The minimum atomic E-state index is -0.633. The fraction of sp³-hybridized carbons (Fsp3) is 0.789. The van der Waals surface area contributed by atoms with Crippen molar-refractivity contribution in [2.24, 2.45) is 10.8 Å². The first kappa shape index (κ1) is 19.0. The minimum Gasteiger partial charge on any atom is -0.443 e. The van der Waals surface area contributed by atoms with Crippen molar-refractivity contribution in [1.29, 1.82) is 0 Å². The van der Waals surface area contributed by atoms with E-state index in [-0.39, 0.29) is 10.8 Å². The van der Waals surface area contributed by atoms with E-state index in [0.717, 1.165) is 5.69 Å². The molecule has 1 aromatic heterocycles. The van der Waals surface area contributed by atoms with Crippen molar-refractivity contribution in [2.45, 2.75) is 86.4 Å². The van der Waals surface area contributed by atoms with Gasteiger partial charge >= 0.3 is 6.09 Å². The molecule has 0 aliphatic heterocycles. The van der Waals surface area contributed by atoms with Gasteiger partial charge < -0.3 is 9.84 Å². The van der Waals surface area contributed by atoms with E-state index in [9.17, 15) is 9.90 Å². The Bertz CT molecular complexity index is 630. The van der Waals surface area contributed by atoms with Crippen LogP contribution >= 0.6 is 0 Å². The van der Waals surface area contributed by atoms with Crippen LogP contribution < -0.4 is 0 Å². The van der Waals surface area contributed by atoms with Gasteiger partial charge in [-0.25, -0.2) is 14.3 Å². The highest BCUT2D eigenvalue weighted by Gasteiger charge is 2.38. The number of carbonyl (C=O) groups is 1. The van der Waals surface area contributed by atoms with Crippen molar-refractivity contribution < 1.29 is 14.6 Å². The molecule has 1 heterocycles. The smallest absolute Gasteiger partial charge is 0.420 e. The normalized spacial score (nSPS) is 20.6. The predicted molar refractivity (Wildman–Crippen MR) is 94.1 cm³/mol. The summed E-state index contributed by atoms with van der Waals surface area (Å²) >= 11 is 0. The molecule has 1 aliphatic rings. The number of carbonyl (C=O) groups excluding carboxylic acids is 1. The van der Waals surface area contributed by atoms with Crippen LogP contribution in [0.1, 0.15) is 85.1 Å². The number of hydrogen-bond acceptors (Lipinski definition) is 4. The zero-order valence-electron chi connectivity index (χ0n) is 16.4. The van der Waals surface area contributed by atoms with Crippen LogP contribution in [0.2, 0.25) is 0 Å². The number of ether oxygens (including phenoxy) is 1. The third-order valence-electron chi connectivity index (χ3n) is 4.05. The Balaban J connectivity index is 2.55. The van der Waals surface area contributed by atoms with Crippen LogP contribution in [0.25, 0.3) is 0 Å². The number of rotatable bonds is 1. The Morgan fingerprint density at radius 1 is 1.29 bits per heavy atom. The quantitative estimate of drug-likeness (QED) is 0.832. The fourth-order valence-corrected chi connectivity index (χ4v) is 3.22. The standard InChI is InChI=1S/C19H32N2O3/c1-17(2,3)11-14-20-15-12(9-19(7,8)10-13(15)22)21(14)16(23)24-18(4,5)6/h13,22H,9-11H2,1-8H3. The van der Waals surface area contributed by atoms with Gasteiger partial charge in [0.05, 0.1) is 17.5 Å². The van der Waals surface area contributed by atoms with E-state index in [0.29, 0.717) is 30.8 Å². The molecule has 0 aromatic carbocycles. The van der Waals surface area contributed by atoms with Gasteiger partial charge in [0.25, 0.3) is 0 Å². The number of aliphatic hydroxyl groups is 1. The molecule has 0 bridgehead atoms. The molecule has 5 nitrogen and oxygen atoms in total. The van der Waals surface area contributed by atoms with Gasteiger partial charge in [0.15, 0.2) is 0 Å². The molecule has 0 saturated carbocycles. The van der Waals surface area contributed by atoms with E-state index in [2.05, 4.69) is 39.6 Å². The first-order valence-corrected chi connectivity index (χ1v) is 8.70. The number of imidazole rings is 1. The summed E-state index contributed by atoms with van der Waals surface area (Å²) < 4.78 is 7.22. The van der Waals surface area contributed by atoms with Crippen molar-refractivity contribution in [3.63, 3.8) is 0 Å². The molecule has 1 N–H and O–H groups in total. The van der Waals surface area contributed by atoms with Crippen LogP contribution in [0.5, 0.6) is 0 Å². The van der Waals surface area contributed by atoms with Crippen LogP contribution in [0.3, 0.4) is 0 Å². The summed E-state index contributed by atoms with van der Waals surface area (Å²) in [5.41, 5.74) is 0.766. The molecule has 1 aliphatic carbocycles. The molecule has 0 amide bonds. The zero-order valence-corrected chi connectivity index (χ0v) is 16.4. The monoisotopic (exact) mass is 336 g/mol. The maximum atomic E-state index is 12.8. The Hall–Kier alpha value is -1.36. The van der Waals surface area contributed by atoms with E-state index in [1.807, 2.05) is 20.8 Å². The second-order valence-corrected chi connectivity index (χ2v) is 9.97. The van der Waals surface area contributed by atoms with Gasteiger partial charge in [0, 0.05) is 6.42 Å². The van der Waals surface area contributed by atoms with Crippen LogP contribution in [0.4, 0.5) is 4.79 Å². The Morgan fingerprint density at radius 3 is 2.38 bits per heavy atom. The Kier molecular flexibility index (Phi) is 4.64. The molecule has 0 fully saturated rings. The summed E-state index contributed by atoms with van der Waals surface area (Å²) in [6.07, 6.45) is 0.967. The molecule has 1 aromatic rings. The molecular weight excluding hydrogens is 304 g/mol. The van der Waals surface area contributed by atoms with Crippen LogP contribution in [0, 0.1) is 10.8 Å². The third-order valence-corrected chi connectivity index (χ3v) is 4.05. The summed E-state index contributed by atoms with van der Waals surface area (Å²) in [7, 11) is 0. The Labute approximate surface area is 145 Å². The van der Waals surface area contributed by atoms with Crippen molar-refractivity contribution in [3.05, 3.63) is 17.2 Å². The first-order chi connectivity index (χ1) is 10.7. The molecule has 0 spiro atoms. The lowest BCUT2D eigenvalue weighted by molar-refractivity contribution is 0.0513. The molecule has 0 saturated heterocycles. The largest absolute Gasteiger partial charge is 0.443 e. The van der Waals surface area contributed by atoms with E-state index in [4.69, 9.17) is 4.74 Å². The van der Waals surface area contributed by atoms with E-state index < -0.39 is 17.8 Å². The second kappa shape index (κ2) is 5.87. The maximum Gasteiger partial charge on any atom is 0.420 e. The summed E-state index contributed by atoms with van der Waals surface area (Å²) in [5, 5.41) is 10.5. The number of nitrogens with zero attached hydrogens (tertiary/aromatic N) is 2. The number of aromatic nitrogens is 2. The van der Waals surface area contributed by atoms with Gasteiger partial charge in [-0.15, -0.1) is 0 Å². The fourth-order valence-electron chi connectivity index (χ4n) is 3.22. The average molecular weight is 336 g/mol. The summed E-state index contributed by atoms with van der Waals surface area (Å²) in [5.74, 6) is 0.679. The van der Waals surface area contributed by atoms with Gasteiger partial charge in [-0.05, 0) is 44.4 Å². The highest BCUT2D eigenvalue weighted by molar-refractivity contribution is 5.73. The van der Waals surface area contributed by atoms with Gasteiger partial charge in [0.2, 0.25) is 0 Å². The van der Waals surface area contributed by atoms with Crippen molar-refractivity contribution in [1.82, 2.24) is 9.55 Å². The third kappa shape index (κ3) is 4.38. The number of hydrogen-bond donors (Lipinski definition) is 1. The number of fused-ring (bicyclic) bond motifs is 1. The SMILES string of the molecule is CC(C)(C)Cc1nc2c(n1C(=O)OC(C)(C)C)CC(C)(C)CC2O. The highest BCUT2D eigenvalue weighted by Crippen LogP contribution is 2.41. The molecule has 1 atom stereocenters. The van der Waals surface area contributed by atoms with Crippen molar-refractivity contribution in [3.8, 4) is 0 Å². The lowest BCUT2D eigenvalue weighted by Gasteiger charge is -2.32. The maximum absolute atomic E-state index is 12.8. The predicted octanol–water partition coefficient (Wildman–Crippen LogP) is 4.26. The summed E-state index contributed by atoms with van der Waals surface area (Å²) in [6, 6.07) is 0. The highest BCUT2D eigenvalue weighted by atomic mass is 16.6. The van der Waals surface area contributed by atoms with Gasteiger partial charge in [-0.1, -0.05) is 34.6 Å². The second-order valence-electron chi connectivity index (χ2n) is 9.97. The van der Waals surface area contributed by atoms with Gasteiger partial charge in [-0.3, -0.25) is 0 Å². The molecular formula is C19H32N2O3. The molecule has 24 heavy (non-hydrogen) atoms. The number of aliphatic hydroxyl groups excluding tert-OH is 1. The van der Waals surface area contributed by atoms with Gasteiger partial charge in [0.1, 0.15) is 11.4 Å². The molecule has 0 radical (unpaired) electrons. The average Bonchev–Trinajstić information content (AvgIpc) is 2.60. The summed E-state index contributed by atoms with van der Waals surface area (Å²) in [6.45, 7) is 16.1. The van der Waals surface area contributed by atoms with Crippen LogP contribution in [-0.2, 0) is 17.6 Å². The van der Waals surface area contributed by atoms with Gasteiger partial charge in [-0.2, -0.15) is 0 Å². The topological polar surface area (TPSA) is 64.4 Å². The van der Waals surface area contributed by atoms with Crippen LogP contribution in [0.15, 0.2) is 0 Å². The Morgan fingerprint density at radius 2 is 1.88 bits per heavy atom. The van der Waals surface area contributed by atoms with E-state index in [1.54, 1.807) is 4.57 Å². The summed E-state index contributed by atoms with van der Waals surface area (Å²) in [4.78, 5) is 17.5. The molecule has 136 valence electrons. The lowest BCUT2D eigenvalue weighted by Crippen LogP contribution is -2.32. The van der Waals surface area contributed by atoms with Crippen molar-refractivity contribution in [2.75, 3.05) is 0 Å². The van der Waals surface area contributed by atoms with E-state index >= 15 is 0 Å². The molecule has 1 unspecified atom stereocenters. The zero-order chi connectivity index (χ0) is 18.5. The van der Waals surface area contributed by atoms with E-state index in [1.165, 1.54) is 0 Å². The first-order valence-electron chi connectivity index (χ1n) is 8.70. The minimum absolute atomic E-state index is 0.0197. The molecule has 5 heteroatoms. The van der Waals surface area contributed by atoms with Crippen molar-refractivity contribution >= 4 is 6.09 Å². The molecule has 2 rings (SSSR count). The van der Waals surface area contributed by atoms with Crippen LogP contribution in [-0.4, -0.2) is 26.4 Å².